The summed E-state index contributed by atoms with van der Waals surface area (Å²) in [5, 5.41) is 3.38. The van der Waals surface area contributed by atoms with Crippen molar-refractivity contribution in [1.29, 1.82) is 0 Å². The number of ether oxygens (including phenoxy) is 1. The molecule has 1 heterocycles. The number of amides is 3. The van der Waals surface area contributed by atoms with Crippen LogP contribution in [0, 0.1) is 0 Å². The maximum Gasteiger partial charge on any atom is 0.325 e. The molecule has 0 radical (unpaired) electrons. The molecule has 30 heavy (non-hydrogen) atoms. The predicted molar refractivity (Wildman–Crippen MR) is 113 cm³/mol. The topological polar surface area (TPSA) is 92.8 Å². The van der Waals surface area contributed by atoms with Crippen LogP contribution in [0.2, 0.25) is 5.02 Å². The number of benzene rings is 2. The van der Waals surface area contributed by atoms with Crippen LogP contribution in [0.15, 0.2) is 53.4 Å². The van der Waals surface area contributed by atoms with Crippen LogP contribution in [-0.4, -0.2) is 44.7 Å². The summed E-state index contributed by atoms with van der Waals surface area (Å²) in [4.78, 5) is 26.9. The SMILES string of the molecule is CCC1(c2ccc(Cl)cc2)NC(=O)N(CCCOc2ccc(S(C)(=O)=O)cc2)C1=O. The molecule has 1 saturated heterocycles. The van der Waals surface area contributed by atoms with Crippen LogP contribution in [0.1, 0.15) is 25.3 Å². The summed E-state index contributed by atoms with van der Waals surface area (Å²) < 4.78 is 28.6. The van der Waals surface area contributed by atoms with Crippen LogP contribution in [0.5, 0.6) is 5.75 Å². The Morgan fingerprint density at radius 1 is 1.07 bits per heavy atom. The number of hydrogen-bond acceptors (Lipinski definition) is 5. The molecule has 1 atom stereocenters. The summed E-state index contributed by atoms with van der Waals surface area (Å²) in [7, 11) is -3.26. The number of halogens is 1. The lowest BCUT2D eigenvalue weighted by atomic mass is 9.87. The Morgan fingerprint density at radius 3 is 2.27 bits per heavy atom. The first-order valence-corrected chi connectivity index (χ1v) is 11.8. The molecule has 3 amide bonds. The van der Waals surface area contributed by atoms with Crippen molar-refractivity contribution in [2.45, 2.75) is 30.2 Å². The molecule has 7 nitrogen and oxygen atoms in total. The maximum atomic E-state index is 13.1. The molecule has 1 aliphatic heterocycles. The number of carbonyl (C=O) groups is 2. The molecule has 0 aromatic heterocycles. The fourth-order valence-electron chi connectivity index (χ4n) is 3.40. The van der Waals surface area contributed by atoms with Crippen LogP contribution in [0.4, 0.5) is 4.79 Å². The Hall–Kier alpha value is -2.58. The zero-order chi connectivity index (χ0) is 21.9. The first kappa shape index (κ1) is 22.1. The van der Waals surface area contributed by atoms with Gasteiger partial charge in [-0.2, -0.15) is 0 Å². The second-order valence-corrected chi connectivity index (χ2v) is 9.55. The highest BCUT2D eigenvalue weighted by Gasteiger charge is 2.50. The van der Waals surface area contributed by atoms with E-state index < -0.39 is 21.4 Å². The molecular weight excluding hydrogens is 428 g/mol. The van der Waals surface area contributed by atoms with E-state index in [0.29, 0.717) is 29.2 Å². The van der Waals surface area contributed by atoms with E-state index in [-0.39, 0.29) is 24.0 Å². The van der Waals surface area contributed by atoms with Gasteiger partial charge in [-0.05, 0) is 54.8 Å². The zero-order valence-corrected chi connectivity index (χ0v) is 18.3. The molecule has 9 heteroatoms. The lowest BCUT2D eigenvalue weighted by Gasteiger charge is -2.25. The van der Waals surface area contributed by atoms with Crippen LogP contribution >= 0.6 is 11.6 Å². The average molecular weight is 451 g/mol. The number of nitrogens with one attached hydrogen (secondary N) is 1. The van der Waals surface area contributed by atoms with Gasteiger partial charge >= 0.3 is 6.03 Å². The van der Waals surface area contributed by atoms with Gasteiger partial charge in [0.2, 0.25) is 0 Å². The Morgan fingerprint density at radius 2 is 1.70 bits per heavy atom. The highest BCUT2D eigenvalue weighted by atomic mass is 35.5. The van der Waals surface area contributed by atoms with E-state index in [4.69, 9.17) is 16.3 Å². The van der Waals surface area contributed by atoms with Crippen molar-refractivity contribution in [1.82, 2.24) is 10.2 Å². The van der Waals surface area contributed by atoms with E-state index in [0.717, 1.165) is 6.26 Å². The summed E-state index contributed by atoms with van der Waals surface area (Å²) in [6.45, 7) is 2.33. The third-order valence-corrected chi connectivity index (χ3v) is 6.47. The Bertz CT molecular complexity index is 1040. The second kappa shape index (κ2) is 8.65. The molecule has 0 saturated carbocycles. The molecule has 0 spiro atoms. The van der Waals surface area contributed by atoms with Crippen LogP contribution < -0.4 is 10.1 Å². The van der Waals surface area contributed by atoms with E-state index in [1.54, 1.807) is 36.4 Å². The minimum Gasteiger partial charge on any atom is -0.494 e. The fourth-order valence-corrected chi connectivity index (χ4v) is 4.16. The van der Waals surface area contributed by atoms with Gasteiger partial charge in [0.05, 0.1) is 11.5 Å². The van der Waals surface area contributed by atoms with E-state index in [2.05, 4.69) is 5.32 Å². The fraction of sp³-hybridized carbons (Fsp3) is 0.333. The molecular formula is C21H23ClN2O5S. The van der Waals surface area contributed by atoms with Gasteiger partial charge in [0.1, 0.15) is 11.3 Å². The number of imide groups is 1. The minimum absolute atomic E-state index is 0.210. The average Bonchev–Trinajstić information content (AvgIpc) is 2.96. The van der Waals surface area contributed by atoms with Crippen molar-refractivity contribution >= 4 is 33.4 Å². The normalized spacial score (nSPS) is 19.1. The van der Waals surface area contributed by atoms with Crippen LogP contribution in [0.25, 0.3) is 0 Å². The first-order valence-electron chi connectivity index (χ1n) is 9.50. The Kier molecular flexibility index (Phi) is 6.38. The quantitative estimate of drug-likeness (QED) is 0.491. The van der Waals surface area contributed by atoms with E-state index in [9.17, 15) is 18.0 Å². The Labute approximate surface area is 180 Å². The maximum absolute atomic E-state index is 13.1. The standard InChI is InChI=1S/C21H23ClN2O5S/c1-3-21(15-5-7-16(22)8-6-15)19(25)24(20(26)23-21)13-4-14-29-17-9-11-18(12-10-17)30(2,27)28/h5-12H,3-4,13-14H2,1-2H3,(H,23,26). The molecule has 3 rings (SSSR count). The van der Waals surface area contributed by atoms with E-state index in [1.807, 2.05) is 6.92 Å². The van der Waals surface area contributed by atoms with Crippen molar-refractivity contribution in [2.75, 3.05) is 19.4 Å². The van der Waals surface area contributed by atoms with Crippen molar-refractivity contribution in [3.8, 4) is 5.75 Å². The Balaban J connectivity index is 1.60. The lowest BCUT2D eigenvalue weighted by Crippen LogP contribution is -2.43. The smallest absolute Gasteiger partial charge is 0.325 e. The molecule has 1 aliphatic rings. The van der Waals surface area contributed by atoms with Crippen molar-refractivity contribution in [3.63, 3.8) is 0 Å². The molecule has 0 aliphatic carbocycles. The monoisotopic (exact) mass is 450 g/mol. The number of hydrogen-bond donors (Lipinski definition) is 1. The van der Waals surface area contributed by atoms with E-state index >= 15 is 0 Å². The van der Waals surface area contributed by atoms with Crippen molar-refractivity contribution in [2.24, 2.45) is 0 Å². The highest BCUT2D eigenvalue weighted by Crippen LogP contribution is 2.33. The number of nitrogens with zero attached hydrogens (tertiary/aromatic N) is 1. The third kappa shape index (κ3) is 4.44. The van der Waals surface area contributed by atoms with Crippen molar-refractivity contribution in [3.05, 3.63) is 59.1 Å². The second-order valence-electron chi connectivity index (χ2n) is 7.10. The van der Waals surface area contributed by atoms with Gasteiger partial charge in [-0.15, -0.1) is 0 Å². The van der Waals surface area contributed by atoms with Gasteiger partial charge < -0.3 is 10.1 Å². The van der Waals surface area contributed by atoms with Crippen LogP contribution in [-0.2, 0) is 20.2 Å². The lowest BCUT2D eigenvalue weighted by molar-refractivity contribution is -0.131. The minimum atomic E-state index is -3.26. The van der Waals surface area contributed by atoms with Gasteiger partial charge in [0, 0.05) is 17.8 Å². The summed E-state index contributed by atoms with van der Waals surface area (Å²) in [5.41, 5.74) is -0.401. The number of urea groups is 1. The van der Waals surface area contributed by atoms with Gasteiger partial charge in [-0.3, -0.25) is 9.69 Å². The molecule has 1 unspecified atom stereocenters. The first-order chi connectivity index (χ1) is 14.2. The van der Waals surface area contributed by atoms with Crippen molar-refractivity contribution < 1.29 is 22.7 Å². The summed E-state index contributed by atoms with van der Waals surface area (Å²) in [5.74, 6) is 0.221. The largest absolute Gasteiger partial charge is 0.494 e. The molecule has 1 fully saturated rings. The number of carbonyl (C=O) groups excluding carboxylic acids is 2. The zero-order valence-electron chi connectivity index (χ0n) is 16.7. The van der Waals surface area contributed by atoms with Gasteiger partial charge in [-0.1, -0.05) is 30.7 Å². The molecule has 2 aromatic rings. The van der Waals surface area contributed by atoms with Crippen LogP contribution in [0.3, 0.4) is 0 Å². The predicted octanol–water partition coefficient (Wildman–Crippen LogP) is 3.37. The van der Waals surface area contributed by atoms with E-state index in [1.165, 1.54) is 17.0 Å². The molecule has 1 N–H and O–H groups in total. The summed E-state index contributed by atoms with van der Waals surface area (Å²) in [6, 6.07) is 12.5. The summed E-state index contributed by atoms with van der Waals surface area (Å²) >= 11 is 5.94. The van der Waals surface area contributed by atoms with Gasteiger partial charge in [-0.25, -0.2) is 13.2 Å². The van der Waals surface area contributed by atoms with Gasteiger partial charge in [0.25, 0.3) is 5.91 Å². The molecule has 2 aromatic carbocycles. The number of sulfone groups is 1. The molecule has 160 valence electrons. The number of rotatable bonds is 8. The third-order valence-electron chi connectivity index (χ3n) is 5.09. The highest BCUT2D eigenvalue weighted by molar-refractivity contribution is 7.90. The molecule has 0 bridgehead atoms. The summed E-state index contributed by atoms with van der Waals surface area (Å²) in [6.07, 6.45) is 1.99. The van der Waals surface area contributed by atoms with Gasteiger partial charge in [0.15, 0.2) is 9.84 Å².